The molecule has 0 aliphatic carbocycles. The molecule has 0 atom stereocenters. The van der Waals surface area contributed by atoms with E-state index in [4.69, 9.17) is 4.98 Å². The molecule has 204 valence electrons. The van der Waals surface area contributed by atoms with Crippen LogP contribution in [0.4, 0.5) is 0 Å². The molecule has 1 amide bonds. The van der Waals surface area contributed by atoms with Gasteiger partial charge in [0.25, 0.3) is 5.91 Å². The Morgan fingerprint density at radius 2 is 1.39 bits per heavy atom. The first kappa shape index (κ1) is 30.3. The highest BCUT2D eigenvalue weighted by atomic mass is 16.1. The molecule has 0 spiro atoms. The van der Waals surface area contributed by atoms with Crippen LogP contribution >= 0.6 is 0 Å². The van der Waals surface area contributed by atoms with Crippen molar-refractivity contribution in [2.75, 3.05) is 27.7 Å². The number of benzene rings is 1. The van der Waals surface area contributed by atoms with Crippen molar-refractivity contribution in [1.82, 2.24) is 19.8 Å². The second kappa shape index (κ2) is 18.4. The van der Waals surface area contributed by atoms with Crippen LogP contribution in [0.15, 0.2) is 18.2 Å². The standard InChI is InChI=1S/C31H54N4O/c1-5-6-7-8-9-10-11-12-13-14-15-16-17-18-19-21-30-33-28-26-27(31(36)32-2)22-23-29(28)35(30)25-20-24-34(3)4/h22-23,26H,5-21,24-25H2,1-4H3,(H,32,36). The highest BCUT2D eigenvalue weighted by molar-refractivity contribution is 5.97. The maximum absolute atomic E-state index is 12.1. The number of aryl methyl sites for hydroxylation is 2. The number of hydrogen-bond acceptors (Lipinski definition) is 3. The van der Waals surface area contributed by atoms with E-state index in [1.807, 2.05) is 12.1 Å². The third kappa shape index (κ3) is 11.5. The van der Waals surface area contributed by atoms with E-state index in [9.17, 15) is 4.79 Å². The van der Waals surface area contributed by atoms with Crippen molar-refractivity contribution in [1.29, 1.82) is 0 Å². The van der Waals surface area contributed by atoms with Gasteiger partial charge in [-0.3, -0.25) is 4.79 Å². The minimum atomic E-state index is -0.0528. The number of carbonyl (C=O) groups excluding carboxylic acids is 1. The van der Waals surface area contributed by atoms with Gasteiger partial charge in [-0.25, -0.2) is 4.98 Å². The molecule has 0 saturated carbocycles. The van der Waals surface area contributed by atoms with Crippen molar-refractivity contribution in [2.45, 2.75) is 123 Å². The monoisotopic (exact) mass is 498 g/mol. The van der Waals surface area contributed by atoms with Gasteiger partial charge in [0.05, 0.1) is 11.0 Å². The Hall–Kier alpha value is -1.88. The minimum Gasteiger partial charge on any atom is -0.355 e. The van der Waals surface area contributed by atoms with Crippen molar-refractivity contribution < 1.29 is 4.79 Å². The first-order chi connectivity index (χ1) is 17.6. The van der Waals surface area contributed by atoms with Crippen LogP contribution in [0.3, 0.4) is 0 Å². The van der Waals surface area contributed by atoms with Crippen LogP contribution in [0.25, 0.3) is 11.0 Å². The number of rotatable bonds is 21. The molecule has 2 aromatic rings. The molecule has 1 heterocycles. The molecule has 1 aromatic heterocycles. The molecule has 0 aliphatic heterocycles. The number of unbranched alkanes of at least 4 members (excludes halogenated alkanes) is 14. The molecule has 1 N–H and O–H groups in total. The normalized spacial score (nSPS) is 11.6. The second-order valence-electron chi connectivity index (χ2n) is 10.8. The average molecular weight is 499 g/mol. The predicted molar refractivity (Wildman–Crippen MR) is 155 cm³/mol. The van der Waals surface area contributed by atoms with Crippen LogP contribution in [0.5, 0.6) is 0 Å². The molecule has 1 aromatic carbocycles. The SMILES string of the molecule is CCCCCCCCCCCCCCCCCc1nc2cc(C(=O)NC)ccc2n1CCCN(C)C. The summed E-state index contributed by atoms with van der Waals surface area (Å²) >= 11 is 0. The zero-order chi connectivity index (χ0) is 26.0. The summed E-state index contributed by atoms with van der Waals surface area (Å²) in [6.45, 7) is 4.33. The van der Waals surface area contributed by atoms with Crippen molar-refractivity contribution in [2.24, 2.45) is 0 Å². The summed E-state index contributed by atoms with van der Waals surface area (Å²) in [6, 6.07) is 5.92. The summed E-state index contributed by atoms with van der Waals surface area (Å²) in [6.07, 6.45) is 22.9. The van der Waals surface area contributed by atoms with Crippen molar-refractivity contribution >= 4 is 16.9 Å². The fourth-order valence-corrected chi connectivity index (χ4v) is 5.11. The van der Waals surface area contributed by atoms with Crippen LogP contribution in [0.2, 0.25) is 0 Å². The average Bonchev–Trinajstić information content (AvgIpc) is 3.22. The summed E-state index contributed by atoms with van der Waals surface area (Å²) in [5.41, 5.74) is 2.77. The fourth-order valence-electron chi connectivity index (χ4n) is 5.11. The lowest BCUT2D eigenvalue weighted by atomic mass is 10.0. The quantitative estimate of drug-likeness (QED) is 0.179. The Kier molecular flexibility index (Phi) is 15.5. The summed E-state index contributed by atoms with van der Waals surface area (Å²) < 4.78 is 2.39. The van der Waals surface area contributed by atoms with Gasteiger partial charge >= 0.3 is 0 Å². The number of nitrogens with zero attached hydrogens (tertiary/aromatic N) is 3. The van der Waals surface area contributed by atoms with Crippen molar-refractivity contribution in [3.63, 3.8) is 0 Å². The maximum atomic E-state index is 12.1. The van der Waals surface area contributed by atoms with Crippen LogP contribution in [0.1, 0.15) is 126 Å². The van der Waals surface area contributed by atoms with Gasteiger partial charge in [0, 0.05) is 25.6 Å². The third-order valence-corrected chi connectivity index (χ3v) is 7.31. The molecule has 5 nitrogen and oxygen atoms in total. The molecule has 2 rings (SSSR count). The Labute approximate surface area is 221 Å². The first-order valence-electron chi connectivity index (χ1n) is 14.9. The summed E-state index contributed by atoms with van der Waals surface area (Å²) in [7, 11) is 5.92. The van der Waals surface area contributed by atoms with E-state index in [1.54, 1.807) is 7.05 Å². The van der Waals surface area contributed by atoms with Crippen molar-refractivity contribution in [3.05, 3.63) is 29.6 Å². The predicted octanol–water partition coefficient (Wildman–Crippen LogP) is 7.76. The lowest BCUT2D eigenvalue weighted by Gasteiger charge is -2.12. The van der Waals surface area contributed by atoms with Gasteiger partial charge in [-0.1, -0.05) is 96.8 Å². The lowest BCUT2D eigenvalue weighted by Crippen LogP contribution is -2.17. The maximum Gasteiger partial charge on any atom is 0.251 e. The van der Waals surface area contributed by atoms with Gasteiger partial charge in [-0.15, -0.1) is 0 Å². The van der Waals surface area contributed by atoms with Crippen LogP contribution in [0, 0.1) is 0 Å². The number of aromatic nitrogens is 2. The number of imidazole rings is 1. The fraction of sp³-hybridized carbons (Fsp3) is 0.742. The Bertz CT molecular complexity index is 858. The van der Waals surface area contributed by atoms with Crippen LogP contribution in [-0.2, 0) is 13.0 Å². The highest BCUT2D eigenvalue weighted by Gasteiger charge is 2.13. The molecule has 5 heteroatoms. The number of amides is 1. The lowest BCUT2D eigenvalue weighted by molar-refractivity contribution is 0.0963. The molecule has 0 bridgehead atoms. The van der Waals surface area contributed by atoms with E-state index in [2.05, 4.69) is 41.9 Å². The summed E-state index contributed by atoms with van der Waals surface area (Å²) in [5.74, 6) is 1.12. The zero-order valence-corrected chi connectivity index (χ0v) is 23.9. The van der Waals surface area contributed by atoms with E-state index >= 15 is 0 Å². The van der Waals surface area contributed by atoms with Gasteiger partial charge in [0.15, 0.2) is 0 Å². The molecule has 0 fully saturated rings. The summed E-state index contributed by atoms with van der Waals surface area (Å²) in [5, 5.41) is 2.72. The molecule has 0 saturated heterocycles. The Morgan fingerprint density at radius 3 is 1.92 bits per heavy atom. The van der Waals surface area contributed by atoms with E-state index in [0.29, 0.717) is 5.56 Å². The number of fused-ring (bicyclic) bond motifs is 1. The highest BCUT2D eigenvalue weighted by Crippen LogP contribution is 2.21. The van der Waals surface area contributed by atoms with Gasteiger partial charge < -0.3 is 14.8 Å². The van der Waals surface area contributed by atoms with Crippen LogP contribution in [-0.4, -0.2) is 48.0 Å². The topological polar surface area (TPSA) is 50.2 Å². The number of nitrogens with one attached hydrogen (secondary N) is 1. The molecule has 0 aliphatic rings. The third-order valence-electron chi connectivity index (χ3n) is 7.31. The molecular formula is C31H54N4O. The molecule has 0 radical (unpaired) electrons. The van der Waals surface area contributed by atoms with Crippen molar-refractivity contribution in [3.8, 4) is 0 Å². The molecule has 36 heavy (non-hydrogen) atoms. The molecule has 0 unspecified atom stereocenters. The molecular weight excluding hydrogens is 444 g/mol. The van der Waals surface area contributed by atoms with Gasteiger partial charge in [-0.2, -0.15) is 0 Å². The van der Waals surface area contributed by atoms with Crippen LogP contribution < -0.4 is 5.32 Å². The Balaban J connectivity index is 1.69. The van der Waals surface area contributed by atoms with Gasteiger partial charge in [0.1, 0.15) is 5.82 Å². The number of hydrogen-bond donors (Lipinski definition) is 1. The zero-order valence-electron chi connectivity index (χ0n) is 23.9. The summed E-state index contributed by atoms with van der Waals surface area (Å²) in [4.78, 5) is 19.3. The van der Waals surface area contributed by atoms with E-state index in [-0.39, 0.29) is 5.91 Å². The Morgan fingerprint density at radius 1 is 0.833 bits per heavy atom. The largest absolute Gasteiger partial charge is 0.355 e. The smallest absolute Gasteiger partial charge is 0.251 e. The van der Waals surface area contributed by atoms with E-state index in [0.717, 1.165) is 37.0 Å². The van der Waals surface area contributed by atoms with E-state index < -0.39 is 0 Å². The minimum absolute atomic E-state index is 0.0528. The van der Waals surface area contributed by atoms with E-state index in [1.165, 1.54) is 102 Å². The van der Waals surface area contributed by atoms with Gasteiger partial charge in [-0.05, 0) is 51.7 Å². The second-order valence-corrected chi connectivity index (χ2v) is 10.8. The first-order valence-corrected chi connectivity index (χ1v) is 14.9. The van der Waals surface area contributed by atoms with Gasteiger partial charge in [0.2, 0.25) is 0 Å². The number of carbonyl (C=O) groups is 1.